The van der Waals surface area contributed by atoms with Crippen LogP contribution in [0.5, 0.6) is 11.5 Å². The van der Waals surface area contributed by atoms with Crippen molar-refractivity contribution < 1.29 is 23.1 Å². The third-order valence-corrected chi connectivity index (χ3v) is 5.86. The molecule has 5 rings (SSSR count). The van der Waals surface area contributed by atoms with Gasteiger partial charge in [0.05, 0.1) is 31.2 Å². The second kappa shape index (κ2) is 8.09. The van der Waals surface area contributed by atoms with Crippen LogP contribution in [0, 0.1) is 5.82 Å². The summed E-state index contributed by atoms with van der Waals surface area (Å²) in [6.07, 6.45) is 0. The van der Waals surface area contributed by atoms with Crippen molar-refractivity contribution >= 4 is 16.9 Å². The van der Waals surface area contributed by atoms with Crippen LogP contribution in [0.2, 0.25) is 0 Å². The quantitative estimate of drug-likeness (QED) is 0.446. The zero-order valence-corrected chi connectivity index (χ0v) is 18.0. The number of halogens is 1. The molecule has 1 aromatic heterocycles. The fourth-order valence-corrected chi connectivity index (χ4v) is 4.29. The number of carbonyl (C=O) groups is 1. The highest BCUT2D eigenvalue weighted by Crippen LogP contribution is 2.41. The van der Waals surface area contributed by atoms with Crippen LogP contribution in [0.25, 0.3) is 11.0 Å². The zero-order chi connectivity index (χ0) is 23.1. The zero-order valence-electron chi connectivity index (χ0n) is 18.0. The van der Waals surface area contributed by atoms with Crippen molar-refractivity contribution in [2.75, 3.05) is 14.2 Å². The standard InChI is InChI=1S/C26H20FNO5/c1-31-20-12-9-16(13-21(20)32-2)23-22-24(29)18-5-3-4-6-19(18)33-25(22)26(30)28(23)14-15-7-10-17(27)11-8-15/h3-13,23H,14H2,1-2H3. The number of amides is 1. The van der Waals surface area contributed by atoms with Gasteiger partial charge in [-0.25, -0.2) is 4.39 Å². The highest BCUT2D eigenvalue weighted by Gasteiger charge is 2.43. The summed E-state index contributed by atoms with van der Waals surface area (Å²) in [6, 6.07) is 17.3. The molecule has 1 atom stereocenters. The first-order valence-corrected chi connectivity index (χ1v) is 10.3. The first-order valence-electron chi connectivity index (χ1n) is 10.3. The van der Waals surface area contributed by atoms with Gasteiger partial charge in [0, 0.05) is 6.54 Å². The molecule has 3 aromatic carbocycles. The first-order chi connectivity index (χ1) is 16.0. The molecular formula is C26H20FNO5. The van der Waals surface area contributed by atoms with Gasteiger partial charge in [0.15, 0.2) is 16.9 Å². The molecule has 0 saturated heterocycles. The summed E-state index contributed by atoms with van der Waals surface area (Å²) >= 11 is 0. The molecule has 7 heteroatoms. The van der Waals surface area contributed by atoms with E-state index in [1.165, 1.54) is 26.4 Å². The van der Waals surface area contributed by atoms with Gasteiger partial charge in [-0.1, -0.05) is 30.3 Å². The predicted octanol–water partition coefficient (Wildman–Crippen LogP) is 4.69. The number of hydrogen-bond donors (Lipinski definition) is 0. The lowest BCUT2D eigenvalue weighted by molar-refractivity contribution is 0.0714. The number of nitrogens with zero attached hydrogens (tertiary/aromatic N) is 1. The molecule has 1 aliphatic rings. The minimum Gasteiger partial charge on any atom is -0.493 e. The highest BCUT2D eigenvalue weighted by molar-refractivity contribution is 5.99. The fourth-order valence-electron chi connectivity index (χ4n) is 4.29. The van der Waals surface area contributed by atoms with Crippen molar-refractivity contribution in [3.8, 4) is 11.5 Å². The van der Waals surface area contributed by atoms with Crippen molar-refractivity contribution in [3.05, 3.63) is 105 Å². The van der Waals surface area contributed by atoms with Gasteiger partial charge in [-0.15, -0.1) is 0 Å². The van der Waals surface area contributed by atoms with Crippen molar-refractivity contribution in [2.45, 2.75) is 12.6 Å². The number of hydrogen-bond acceptors (Lipinski definition) is 5. The largest absolute Gasteiger partial charge is 0.493 e. The number of carbonyl (C=O) groups excluding carboxylic acids is 1. The van der Waals surface area contributed by atoms with Gasteiger partial charge < -0.3 is 18.8 Å². The Labute approximate surface area is 188 Å². The molecule has 6 nitrogen and oxygen atoms in total. The van der Waals surface area contributed by atoms with E-state index in [0.717, 1.165) is 5.56 Å². The Hall–Kier alpha value is -4.13. The molecule has 0 aliphatic carbocycles. The van der Waals surface area contributed by atoms with E-state index in [2.05, 4.69) is 0 Å². The van der Waals surface area contributed by atoms with Crippen LogP contribution >= 0.6 is 0 Å². The van der Waals surface area contributed by atoms with Crippen LogP contribution in [-0.4, -0.2) is 25.0 Å². The second-order valence-corrected chi connectivity index (χ2v) is 7.75. The van der Waals surface area contributed by atoms with Crippen molar-refractivity contribution in [1.29, 1.82) is 0 Å². The summed E-state index contributed by atoms with van der Waals surface area (Å²) in [6.45, 7) is 0.165. The first kappa shape index (κ1) is 20.8. The van der Waals surface area contributed by atoms with E-state index in [1.807, 2.05) is 0 Å². The topological polar surface area (TPSA) is 69.0 Å². The van der Waals surface area contributed by atoms with Gasteiger partial charge >= 0.3 is 0 Å². The Morgan fingerprint density at radius 2 is 1.67 bits per heavy atom. The Kier molecular flexibility index (Phi) is 5.09. The Morgan fingerprint density at radius 1 is 0.939 bits per heavy atom. The average molecular weight is 445 g/mol. The van der Waals surface area contributed by atoms with E-state index in [-0.39, 0.29) is 29.1 Å². The average Bonchev–Trinajstić information content (AvgIpc) is 3.12. The maximum Gasteiger partial charge on any atom is 0.291 e. The maximum absolute atomic E-state index is 13.5. The van der Waals surface area contributed by atoms with Crippen molar-refractivity contribution in [1.82, 2.24) is 4.90 Å². The molecular weight excluding hydrogens is 425 g/mol. The lowest BCUT2D eigenvalue weighted by Crippen LogP contribution is -2.29. The number of rotatable bonds is 5. The number of ether oxygens (including phenoxy) is 2. The van der Waals surface area contributed by atoms with Gasteiger partial charge in [-0.3, -0.25) is 9.59 Å². The summed E-state index contributed by atoms with van der Waals surface area (Å²) in [5.41, 5.74) is 1.75. The predicted molar refractivity (Wildman–Crippen MR) is 120 cm³/mol. The molecule has 0 saturated carbocycles. The van der Waals surface area contributed by atoms with Crippen LogP contribution in [0.15, 0.2) is 75.9 Å². The third-order valence-electron chi connectivity index (χ3n) is 5.86. The molecule has 1 aliphatic heterocycles. The van der Waals surface area contributed by atoms with Crippen LogP contribution in [-0.2, 0) is 6.54 Å². The van der Waals surface area contributed by atoms with Crippen LogP contribution < -0.4 is 14.9 Å². The molecule has 0 spiro atoms. The molecule has 33 heavy (non-hydrogen) atoms. The summed E-state index contributed by atoms with van der Waals surface area (Å²) in [7, 11) is 3.06. The second-order valence-electron chi connectivity index (χ2n) is 7.75. The third kappa shape index (κ3) is 3.42. The maximum atomic E-state index is 13.5. The number of benzene rings is 3. The highest BCUT2D eigenvalue weighted by atomic mass is 19.1. The molecule has 0 bridgehead atoms. The van der Waals surface area contributed by atoms with E-state index >= 15 is 0 Å². The van der Waals surface area contributed by atoms with Gasteiger partial charge in [0.2, 0.25) is 5.76 Å². The van der Waals surface area contributed by atoms with Crippen LogP contribution in [0.4, 0.5) is 4.39 Å². The summed E-state index contributed by atoms with van der Waals surface area (Å²) in [5.74, 6) is 0.246. The van der Waals surface area contributed by atoms with E-state index in [1.54, 1.807) is 59.5 Å². The van der Waals surface area contributed by atoms with Crippen LogP contribution in [0.1, 0.15) is 33.3 Å². The fraction of sp³-hybridized carbons (Fsp3) is 0.154. The lowest BCUT2D eigenvalue weighted by Gasteiger charge is -2.26. The minimum absolute atomic E-state index is 0.0144. The van der Waals surface area contributed by atoms with E-state index in [0.29, 0.717) is 28.0 Å². The molecule has 166 valence electrons. The monoisotopic (exact) mass is 445 g/mol. The molecule has 0 fully saturated rings. The lowest BCUT2D eigenvalue weighted by atomic mass is 9.97. The number of methoxy groups -OCH3 is 2. The van der Waals surface area contributed by atoms with Gasteiger partial charge in [0.1, 0.15) is 11.4 Å². The molecule has 4 aromatic rings. The van der Waals surface area contributed by atoms with E-state index < -0.39 is 11.9 Å². The molecule has 0 radical (unpaired) electrons. The smallest absolute Gasteiger partial charge is 0.291 e. The van der Waals surface area contributed by atoms with Crippen molar-refractivity contribution in [3.63, 3.8) is 0 Å². The Bertz CT molecular complexity index is 1430. The Balaban J connectivity index is 1.72. The minimum atomic E-state index is -0.710. The van der Waals surface area contributed by atoms with Crippen LogP contribution in [0.3, 0.4) is 0 Å². The molecule has 0 N–H and O–H groups in total. The summed E-state index contributed by atoms with van der Waals surface area (Å²) in [5, 5.41) is 0.401. The number of para-hydroxylation sites is 1. The van der Waals surface area contributed by atoms with Gasteiger partial charge in [0.25, 0.3) is 5.91 Å². The summed E-state index contributed by atoms with van der Waals surface area (Å²) in [4.78, 5) is 28.6. The normalized spacial score (nSPS) is 15.1. The summed E-state index contributed by atoms with van der Waals surface area (Å²) < 4.78 is 30.2. The molecule has 2 heterocycles. The van der Waals surface area contributed by atoms with E-state index in [4.69, 9.17) is 13.9 Å². The van der Waals surface area contributed by atoms with E-state index in [9.17, 15) is 14.0 Å². The van der Waals surface area contributed by atoms with Gasteiger partial charge in [-0.05, 0) is 47.5 Å². The number of fused-ring (bicyclic) bond motifs is 2. The SMILES string of the molecule is COc1ccc(C2c3c(oc4ccccc4c3=O)C(=O)N2Cc2ccc(F)cc2)cc1OC. The molecule has 1 unspecified atom stereocenters. The van der Waals surface area contributed by atoms with Gasteiger partial charge in [-0.2, -0.15) is 0 Å². The molecule has 1 amide bonds. The van der Waals surface area contributed by atoms with Crippen molar-refractivity contribution in [2.24, 2.45) is 0 Å². The Morgan fingerprint density at radius 3 is 2.39 bits per heavy atom.